The molecular weight excluding hydrogens is 178 g/mol. The first kappa shape index (κ1) is 10.5. The van der Waals surface area contributed by atoms with Crippen LogP contribution in [0.3, 0.4) is 0 Å². The van der Waals surface area contributed by atoms with E-state index in [2.05, 4.69) is 6.58 Å². The Bertz CT molecular complexity index is 372. The Hall–Kier alpha value is -1.61. The van der Waals surface area contributed by atoms with Gasteiger partial charge in [-0.2, -0.15) is 0 Å². The molecule has 74 valence electrons. The lowest BCUT2D eigenvalue weighted by atomic mass is 9.98. The molecule has 1 aromatic carbocycles. The molecular formula is C11H13NO2. The number of carboxylic acid groups (broad SMARTS) is 1. The van der Waals surface area contributed by atoms with Crippen molar-refractivity contribution in [1.82, 2.24) is 0 Å². The molecule has 3 heteroatoms. The fraction of sp³-hybridized carbons (Fsp3) is 0.182. The van der Waals surface area contributed by atoms with Gasteiger partial charge >= 0.3 is 5.97 Å². The molecule has 0 radical (unpaired) electrons. The van der Waals surface area contributed by atoms with Gasteiger partial charge in [-0.1, -0.05) is 23.8 Å². The van der Waals surface area contributed by atoms with Gasteiger partial charge in [-0.05, 0) is 18.6 Å². The normalized spacial score (nSPS) is 12.1. The quantitative estimate of drug-likeness (QED) is 0.717. The van der Waals surface area contributed by atoms with Gasteiger partial charge in [-0.15, -0.1) is 6.58 Å². The third-order valence-corrected chi connectivity index (χ3v) is 2.05. The van der Waals surface area contributed by atoms with Crippen LogP contribution < -0.4 is 5.73 Å². The summed E-state index contributed by atoms with van der Waals surface area (Å²) < 4.78 is 0. The molecule has 0 spiro atoms. The van der Waals surface area contributed by atoms with Crippen LogP contribution in [0.25, 0.3) is 0 Å². The number of carboxylic acids is 1. The van der Waals surface area contributed by atoms with Gasteiger partial charge in [-0.25, -0.2) is 4.79 Å². The Morgan fingerprint density at radius 1 is 1.64 bits per heavy atom. The van der Waals surface area contributed by atoms with Gasteiger partial charge in [0.2, 0.25) is 0 Å². The van der Waals surface area contributed by atoms with Gasteiger partial charge in [0.05, 0.1) is 5.56 Å². The zero-order chi connectivity index (χ0) is 10.7. The number of aryl methyl sites for hydroxylation is 1. The summed E-state index contributed by atoms with van der Waals surface area (Å²) in [6, 6.07) is 4.66. The van der Waals surface area contributed by atoms with E-state index in [0.717, 1.165) is 5.56 Å². The van der Waals surface area contributed by atoms with Gasteiger partial charge in [0, 0.05) is 6.04 Å². The van der Waals surface area contributed by atoms with Crippen molar-refractivity contribution in [2.45, 2.75) is 13.0 Å². The van der Waals surface area contributed by atoms with Crippen molar-refractivity contribution in [2.75, 3.05) is 0 Å². The molecule has 1 unspecified atom stereocenters. The first-order valence-corrected chi connectivity index (χ1v) is 4.28. The van der Waals surface area contributed by atoms with E-state index < -0.39 is 12.0 Å². The van der Waals surface area contributed by atoms with Crippen LogP contribution in [-0.2, 0) is 0 Å². The molecule has 0 heterocycles. The van der Waals surface area contributed by atoms with E-state index >= 15 is 0 Å². The third-order valence-electron chi connectivity index (χ3n) is 2.05. The molecule has 0 aromatic heterocycles. The summed E-state index contributed by atoms with van der Waals surface area (Å²) in [4.78, 5) is 10.9. The maximum atomic E-state index is 10.9. The Kier molecular flexibility index (Phi) is 3.04. The Morgan fingerprint density at radius 3 is 2.79 bits per heavy atom. The van der Waals surface area contributed by atoms with Crippen molar-refractivity contribution < 1.29 is 9.90 Å². The highest BCUT2D eigenvalue weighted by Gasteiger charge is 2.13. The lowest BCUT2D eigenvalue weighted by Crippen LogP contribution is -2.12. The van der Waals surface area contributed by atoms with Crippen molar-refractivity contribution in [2.24, 2.45) is 5.73 Å². The van der Waals surface area contributed by atoms with Crippen molar-refractivity contribution in [3.63, 3.8) is 0 Å². The van der Waals surface area contributed by atoms with E-state index in [1.807, 2.05) is 6.92 Å². The number of hydrogen-bond donors (Lipinski definition) is 2. The number of aromatic carboxylic acids is 1. The van der Waals surface area contributed by atoms with Gasteiger partial charge in [-0.3, -0.25) is 0 Å². The molecule has 0 saturated carbocycles. The summed E-state index contributed by atoms with van der Waals surface area (Å²) in [6.45, 7) is 5.44. The van der Waals surface area contributed by atoms with Crippen LogP contribution in [0.2, 0.25) is 0 Å². The van der Waals surface area contributed by atoms with Gasteiger partial charge in [0.15, 0.2) is 0 Å². The molecule has 0 bridgehead atoms. The van der Waals surface area contributed by atoms with E-state index in [1.54, 1.807) is 18.2 Å². The first-order chi connectivity index (χ1) is 6.56. The van der Waals surface area contributed by atoms with Crippen molar-refractivity contribution in [3.05, 3.63) is 47.5 Å². The maximum absolute atomic E-state index is 10.9. The molecule has 0 aliphatic carbocycles. The summed E-state index contributed by atoms with van der Waals surface area (Å²) in [7, 11) is 0. The highest BCUT2D eigenvalue weighted by Crippen LogP contribution is 2.18. The predicted molar refractivity (Wildman–Crippen MR) is 55.3 cm³/mol. The van der Waals surface area contributed by atoms with E-state index in [-0.39, 0.29) is 5.56 Å². The van der Waals surface area contributed by atoms with Crippen LogP contribution in [-0.4, -0.2) is 11.1 Å². The molecule has 14 heavy (non-hydrogen) atoms. The zero-order valence-corrected chi connectivity index (χ0v) is 8.03. The zero-order valence-electron chi connectivity index (χ0n) is 8.03. The summed E-state index contributed by atoms with van der Waals surface area (Å²) in [5.74, 6) is -0.961. The topological polar surface area (TPSA) is 63.3 Å². The highest BCUT2D eigenvalue weighted by molar-refractivity contribution is 5.89. The molecule has 1 rings (SSSR count). The minimum Gasteiger partial charge on any atom is -0.478 e. The van der Waals surface area contributed by atoms with Crippen molar-refractivity contribution in [1.29, 1.82) is 0 Å². The van der Waals surface area contributed by atoms with Crippen LogP contribution in [0.4, 0.5) is 0 Å². The fourth-order valence-corrected chi connectivity index (χ4v) is 1.28. The van der Waals surface area contributed by atoms with Crippen LogP contribution in [0.15, 0.2) is 30.9 Å². The molecule has 0 saturated heterocycles. The molecule has 3 nitrogen and oxygen atoms in total. The average Bonchev–Trinajstić information content (AvgIpc) is 2.16. The van der Waals surface area contributed by atoms with E-state index in [4.69, 9.17) is 10.8 Å². The molecule has 0 amide bonds. The Morgan fingerprint density at radius 2 is 2.29 bits per heavy atom. The molecule has 1 aromatic rings. The average molecular weight is 191 g/mol. The molecule has 0 aliphatic heterocycles. The Labute approximate surface area is 82.9 Å². The number of hydrogen-bond acceptors (Lipinski definition) is 2. The van der Waals surface area contributed by atoms with Crippen LogP contribution in [0.1, 0.15) is 27.5 Å². The third kappa shape index (κ3) is 2.00. The summed E-state index contributed by atoms with van der Waals surface area (Å²) in [5.41, 5.74) is 7.55. The van der Waals surface area contributed by atoms with Crippen molar-refractivity contribution in [3.8, 4) is 0 Å². The summed E-state index contributed by atoms with van der Waals surface area (Å²) in [6.07, 6.45) is 1.53. The first-order valence-electron chi connectivity index (χ1n) is 4.28. The van der Waals surface area contributed by atoms with Gasteiger partial charge in [0.1, 0.15) is 0 Å². The number of rotatable bonds is 3. The predicted octanol–water partition coefficient (Wildman–Crippen LogP) is 1.88. The monoisotopic (exact) mass is 191 g/mol. The van der Waals surface area contributed by atoms with Gasteiger partial charge < -0.3 is 10.8 Å². The lowest BCUT2D eigenvalue weighted by molar-refractivity contribution is 0.0695. The van der Waals surface area contributed by atoms with E-state index in [0.29, 0.717) is 5.56 Å². The molecule has 0 fully saturated rings. The van der Waals surface area contributed by atoms with E-state index in [9.17, 15) is 4.79 Å². The SMILES string of the molecule is C=CC(N)c1cc(C)ccc1C(=O)O. The number of nitrogens with two attached hydrogens (primary N) is 1. The maximum Gasteiger partial charge on any atom is 0.336 e. The Balaban J connectivity index is 3.29. The minimum atomic E-state index is -0.961. The summed E-state index contributed by atoms with van der Waals surface area (Å²) in [5, 5.41) is 8.91. The van der Waals surface area contributed by atoms with Gasteiger partial charge in [0.25, 0.3) is 0 Å². The molecule has 0 aliphatic rings. The number of benzene rings is 1. The van der Waals surface area contributed by atoms with Crippen LogP contribution >= 0.6 is 0 Å². The fourth-order valence-electron chi connectivity index (χ4n) is 1.28. The smallest absolute Gasteiger partial charge is 0.336 e. The second-order valence-electron chi connectivity index (χ2n) is 3.16. The number of carbonyl (C=O) groups is 1. The minimum absolute atomic E-state index is 0.239. The second-order valence-corrected chi connectivity index (χ2v) is 3.16. The summed E-state index contributed by atoms with van der Waals surface area (Å²) >= 11 is 0. The van der Waals surface area contributed by atoms with Crippen LogP contribution in [0.5, 0.6) is 0 Å². The van der Waals surface area contributed by atoms with Crippen molar-refractivity contribution >= 4 is 5.97 Å². The van der Waals surface area contributed by atoms with Crippen LogP contribution in [0, 0.1) is 6.92 Å². The largest absolute Gasteiger partial charge is 0.478 e. The standard InChI is InChI=1S/C11H13NO2/c1-3-10(12)9-6-7(2)4-5-8(9)11(13)14/h3-6,10H,1,12H2,2H3,(H,13,14). The molecule has 1 atom stereocenters. The van der Waals surface area contributed by atoms with E-state index in [1.165, 1.54) is 6.08 Å². The second kappa shape index (κ2) is 4.07. The molecule has 3 N–H and O–H groups in total. The highest BCUT2D eigenvalue weighted by atomic mass is 16.4. The lowest BCUT2D eigenvalue weighted by Gasteiger charge is -2.11.